The van der Waals surface area contributed by atoms with Gasteiger partial charge in [-0.3, -0.25) is 9.69 Å². The van der Waals surface area contributed by atoms with Crippen molar-refractivity contribution >= 4 is 11.8 Å². The zero-order valence-corrected chi connectivity index (χ0v) is 10.9. The van der Waals surface area contributed by atoms with Gasteiger partial charge in [0.25, 0.3) is 0 Å². The predicted octanol–water partition coefficient (Wildman–Crippen LogP) is 1.21. The summed E-state index contributed by atoms with van der Waals surface area (Å²) in [5.41, 5.74) is 1.45. The van der Waals surface area contributed by atoms with Crippen LogP contribution in [0.2, 0.25) is 0 Å². The summed E-state index contributed by atoms with van der Waals surface area (Å²) < 4.78 is 5.23. The van der Waals surface area contributed by atoms with Crippen LogP contribution in [0, 0.1) is 6.92 Å². The van der Waals surface area contributed by atoms with E-state index < -0.39 is 5.97 Å². The standard InChI is InChI=1S/C14H17NO4/c1-10-2-3-11(14(17)18)8-12(10)13(16)9-15-4-6-19-7-5-15/h2-3,8H,4-7,9H2,1H3,(H,17,18). The highest BCUT2D eigenvalue weighted by Gasteiger charge is 2.18. The molecule has 0 aliphatic carbocycles. The number of hydrogen-bond donors (Lipinski definition) is 1. The third-order valence-electron chi connectivity index (χ3n) is 3.26. The van der Waals surface area contributed by atoms with Gasteiger partial charge in [-0.25, -0.2) is 4.79 Å². The van der Waals surface area contributed by atoms with Crippen LogP contribution < -0.4 is 0 Å². The molecule has 0 atom stereocenters. The van der Waals surface area contributed by atoms with Crippen molar-refractivity contribution in [1.29, 1.82) is 0 Å². The maximum absolute atomic E-state index is 12.2. The lowest BCUT2D eigenvalue weighted by molar-refractivity contribution is 0.0371. The van der Waals surface area contributed by atoms with E-state index in [0.717, 1.165) is 18.7 Å². The highest BCUT2D eigenvalue weighted by Crippen LogP contribution is 2.13. The highest BCUT2D eigenvalue weighted by molar-refractivity contribution is 6.01. The first-order valence-electron chi connectivity index (χ1n) is 6.25. The van der Waals surface area contributed by atoms with Crippen LogP contribution in [-0.4, -0.2) is 54.6 Å². The molecule has 0 spiro atoms. The first-order valence-corrected chi connectivity index (χ1v) is 6.25. The Labute approximate surface area is 111 Å². The second kappa shape index (κ2) is 5.95. The van der Waals surface area contributed by atoms with Crippen LogP contribution in [0.5, 0.6) is 0 Å². The average Bonchev–Trinajstić information content (AvgIpc) is 2.40. The average molecular weight is 263 g/mol. The molecule has 0 radical (unpaired) electrons. The number of Topliss-reactive ketones (excluding diaryl/α,β-unsaturated/α-hetero) is 1. The van der Waals surface area contributed by atoms with Gasteiger partial charge in [-0.15, -0.1) is 0 Å². The normalized spacial score (nSPS) is 16.3. The summed E-state index contributed by atoms with van der Waals surface area (Å²) in [5.74, 6) is -1.05. The van der Waals surface area contributed by atoms with Crippen LogP contribution >= 0.6 is 0 Å². The number of rotatable bonds is 4. The number of aromatic carboxylic acids is 1. The summed E-state index contributed by atoms with van der Waals surface area (Å²) >= 11 is 0. The zero-order chi connectivity index (χ0) is 13.8. The quantitative estimate of drug-likeness (QED) is 0.827. The van der Waals surface area contributed by atoms with Crippen molar-refractivity contribution < 1.29 is 19.4 Å². The second-order valence-corrected chi connectivity index (χ2v) is 4.65. The fourth-order valence-corrected chi connectivity index (χ4v) is 2.10. The Balaban J connectivity index is 2.13. The van der Waals surface area contributed by atoms with Gasteiger partial charge < -0.3 is 9.84 Å². The molecule has 1 saturated heterocycles. The molecule has 0 unspecified atom stereocenters. The minimum Gasteiger partial charge on any atom is -0.478 e. The lowest BCUT2D eigenvalue weighted by Gasteiger charge is -2.26. The number of nitrogens with zero attached hydrogens (tertiary/aromatic N) is 1. The third kappa shape index (κ3) is 3.39. The molecule has 0 aromatic heterocycles. The molecular weight excluding hydrogens is 246 g/mol. The molecule has 102 valence electrons. The summed E-state index contributed by atoms with van der Waals surface area (Å²) in [6, 6.07) is 4.65. The molecule has 0 amide bonds. The van der Waals surface area contributed by atoms with Crippen LogP contribution in [0.4, 0.5) is 0 Å². The summed E-state index contributed by atoms with van der Waals surface area (Å²) in [4.78, 5) is 25.2. The molecule has 1 N–H and O–H groups in total. The van der Waals surface area contributed by atoms with Crippen LogP contribution in [0.1, 0.15) is 26.3 Å². The number of hydrogen-bond acceptors (Lipinski definition) is 4. The van der Waals surface area contributed by atoms with Crippen molar-refractivity contribution in [2.75, 3.05) is 32.8 Å². The molecular formula is C14H17NO4. The van der Waals surface area contributed by atoms with Crippen LogP contribution in [-0.2, 0) is 4.74 Å². The molecule has 19 heavy (non-hydrogen) atoms. The molecule has 1 aliphatic rings. The van der Waals surface area contributed by atoms with Crippen molar-refractivity contribution in [3.8, 4) is 0 Å². The van der Waals surface area contributed by atoms with Gasteiger partial charge in [0, 0.05) is 18.7 Å². The number of carbonyl (C=O) groups is 2. The van der Waals surface area contributed by atoms with E-state index in [4.69, 9.17) is 9.84 Å². The van der Waals surface area contributed by atoms with Gasteiger partial charge in [-0.2, -0.15) is 0 Å². The topological polar surface area (TPSA) is 66.8 Å². The smallest absolute Gasteiger partial charge is 0.335 e. The first-order chi connectivity index (χ1) is 9.08. The maximum atomic E-state index is 12.2. The van der Waals surface area contributed by atoms with E-state index in [9.17, 15) is 9.59 Å². The minimum absolute atomic E-state index is 0.0394. The molecule has 1 aliphatic heterocycles. The molecule has 1 heterocycles. The number of benzene rings is 1. The number of carboxylic acid groups (broad SMARTS) is 1. The Morgan fingerprint density at radius 2 is 2.00 bits per heavy atom. The molecule has 1 aromatic carbocycles. The Morgan fingerprint density at radius 1 is 1.32 bits per heavy atom. The van der Waals surface area contributed by atoms with Crippen LogP contribution in [0.15, 0.2) is 18.2 Å². The summed E-state index contributed by atoms with van der Waals surface area (Å²) in [5, 5.41) is 8.97. The van der Waals surface area contributed by atoms with Gasteiger partial charge in [0.2, 0.25) is 0 Å². The van der Waals surface area contributed by atoms with E-state index in [0.29, 0.717) is 25.3 Å². The Morgan fingerprint density at radius 3 is 2.63 bits per heavy atom. The Bertz CT molecular complexity index is 492. The molecule has 0 bridgehead atoms. The number of morpholine rings is 1. The fraction of sp³-hybridized carbons (Fsp3) is 0.429. The first kappa shape index (κ1) is 13.7. The van der Waals surface area contributed by atoms with E-state index in [1.165, 1.54) is 12.1 Å². The van der Waals surface area contributed by atoms with Crippen molar-refractivity contribution in [1.82, 2.24) is 4.90 Å². The van der Waals surface area contributed by atoms with Gasteiger partial charge >= 0.3 is 5.97 Å². The Kier molecular flexibility index (Phi) is 4.29. The molecule has 0 saturated carbocycles. The van der Waals surface area contributed by atoms with E-state index in [1.54, 1.807) is 6.07 Å². The lowest BCUT2D eigenvalue weighted by atomic mass is 10.0. The summed E-state index contributed by atoms with van der Waals surface area (Å²) in [7, 11) is 0. The van der Waals surface area contributed by atoms with Crippen LogP contribution in [0.25, 0.3) is 0 Å². The van der Waals surface area contributed by atoms with E-state index in [2.05, 4.69) is 0 Å². The van der Waals surface area contributed by atoms with Gasteiger partial charge in [-0.05, 0) is 24.6 Å². The number of ether oxygens (including phenoxy) is 1. The number of aryl methyl sites for hydroxylation is 1. The summed E-state index contributed by atoms with van der Waals surface area (Å²) in [6.45, 7) is 4.89. The van der Waals surface area contributed by atoms with Crippen molar-refractivity contribution in [3.05, 3.63) is 34.9 Å². The van der Waals surface area contributed by atoms with Gasteiger partial charge in [0.05, 0.1) is 25.3 Å². The highest BCUT2D eigenvalue weighted by atomic mass is 16.5. The Hall–Kier alpha value is -1.72. The molecule has 5 nitrogen and oxygen atoms in total. The lowest BCUT2D eigenvalue weighted by Crippen LogP contribution is -2.39. The fourth-order valence-electron chi connectivity index (χ4n) is 2.10. The van der Waals surface area contributed by atoms with E-state index in [-0.39, 0.29) is 11.3 Å². The predicted molar refractivity (Wildman–Crippen MR) is 69.7 cm³/mol. The molecule has 5 heteroatoms. The van der Waals surface area contributed by atoms with Crippen LogP contribution in [0.3, 0.4) is 0 Å². The summed E-state index contributed by atoms with van der Waals surface area (Å²) in [6.07, 6.45) is 0. The number of carboxylic acids is 1. The van der Waals surface area contributed by atoms with Gasteiger partial charge in [0.1, 0.15) is 0 Å². The third-order valence-corrected chi connectivity index (χ3v) is 3.26. The number of ketones is 1. The molecule has 1 fully saturated rings. The minimum atomic E-state index is -1.01. The zero-order valence-electron chi connectivity index (χ0n) is 10.9. The number of carbonyl (C=O) groups excluding carboxylic acids is 1. The van der Waals surface area contributed by atoms with Crippen molar-refractivity contribution in [2.24, 2.45) is 0 Å². The monoisotopic (exact) mass is 263 g/mol. The van der Waals surface area contributed by atoms with Crippen molar-refractivity contribution in [3.63, 3.8) is 0 Å². The van der Waals surface area contributed by atoms with Gasteiger partial charge in [0.15, 0.2) is 5.78 Å². The van der Waals surface area contributed by atoms with Gasteiger partial charge in [-0.1, -0.05) is 6.07 Å². The molecule has 2 rings (SSSR count). The van der Waals surface area contributed by atoms with E-state index >= 15 is 0 Å². The largest absolute Gasteiger partial charge is 0.478 e. The SMILES string of the molecule is Cc1ccc(C(=O)O)cc1C(=O)CN1CCOCC1. The van der Waals surface area contributed by atoms with E-state index in [1.807, 2.05) is 11.8 Å². The molecule has 1 aromatic rings. The van der Waals surface area contributed by atoms with Crippen molar-refractivity contribution in [2.45, 2.75) is 6.92 Å². The second-order valence-electron chi connectivity index (χ2n) is 4.65. The maximum Gasteiger partial charge on any atom is 0.335 e.